The van der Waals surface area contributed by atoms with Gasteiger partial charge in [-0.05, 0) is 25.9 Å². The van der Waals surface area contributed by atoms with Crippen molar-refractivity contribution in [2.75, 3.05) is 19.7 Å². The van der Waals surface area contributed by atoms with Gasteiger partial charge in [0.05, 0.1) is 6.10 Å². The van der Waals surface area contributed by atoms with E-state index < -0.39 is 0 Å². The molecule has 0 radical (unpaired) electrons. The van der Waals surface area contributed by atoms with Crippen molar-refractivity contribution < 1.29 is 4.74 Å². The van der Waals surface area contributed by atoms with Gasteiger partial charge in [0.2, 0.25) is 0 Å². The second kappa shape index (κ2) is 3.35. The second-order valence-electron chi connectivity index (χ2n) is 3.01. The van der Waals surface area contributed by atoms with Crippen LogP contribution in [-0.2, 0) is 4.74 Å². The van der Waals surface area contributed by atoms with Crippen molar-refractivity contribution in [3.8, 4) is 0 Å². The molecule has 0 spiro atoms. The highest BCUT2D eigenvalue weighted by molar-refractivity contribution is 4.81. The summed E-state index contributed by atoms with van der Waals surface area (Å²) in [4.78, 5) is 2.07. The van der Waals surface area contributed by atoms with Gasteiger partial charge in [0.1, 0.15) is 0 Å². The molecule has 0 aliphatic carbocycles. The zero-order valence-corrected chi connectivity index (χ0v) is 6.84. The van der Waals surface area contributed by atoms with Crippen LogP contribution in [0.4, 0.5) is 0 Å². The lowest BCUT2D eigenvalue weighted by Gasteiger charge is -2.16. The summed E-state index contributed by atoms with van der Waals surface area (Å²) in [6.07, 6.45) is 0.419. The van der Waals surface area contributed by atoms with Crippen LogP contribution in [0.2, 0.25) is 0 Å². The smallest absolute Gasteiger partial charge is 0.0714 e. The van der Waals surface area contributed by atoms with E-state index in [-0.39, 0.29) is 0 Å². The Morgan fingerprint density at radius 3 is 2.70 bits per heavy atom. The van der Waals surface area contributed by atoms with Gasteiger partial charge in [-0.2, -0.15) is 0 Å². The lowest BCUT2D eigenvalue weighted by Crippen LogP contribution is -2.20. The molecule has 0 saturated carbocycles. The van der Waals surface area contributed by atoms with Crippen molar-refractivity contribution in [2.45, 2.75) is 20.0 Å². The fraction of sp³-hybridized carbons (Fsp3) is 0.875. The van der Waals surface area contributed by atoms with E-state index in [1.54, 1.807) is 0 Å². The molecule has 0 N–H and O–H groups in total. The SMILES string of the molecule is [CH2-]N1C[C@@H](C)[C@@H](OCC)C1. The van der Waals surface area contributed by atoms with Crippen LogP contribution in [0.25, 0.3) is 0 Å². The minimum atomic E-state index is 0.419. The molecule has 0 aromatic heterocycles. The Hall–Kier alpha value is -0.0800. The molecule has 1 heterocycles. The van der Waals surface area contributed by atoms with E-state index in [1.807, 2.05) is 6.92 Å². The predicted molar refractivity (Wildman–Crippen MR) is 41.5 cm³/mol. The van der Waals surface area contributed by atoms with Gasteiger partial charge in [-0.15, -0.1) is 0 Å². The number of ether oxygens (including phenoxy) is 1. The minimum absolute atomic E-state index is 0.419. The first-order valence-electron chi connectivity index (χ1n) is 3.91. The molecule has 1 saturated heterocycles. The number of likely N-dealkylation sites (tertiary alicyclic amines) is 1. The molecule has 0 aromatic rings. The lowest BCUT2D eigenvalue weighted by molar-refractivity contribution is 0.0488. The third-order valence-electron chi connectivity index (χ3n) is 2.00. The first-order chi connectivity index (χ1) is 4.74. The van der Waals surface area contributed by atoms with Crippen LogP contribution in [0, 0.1) is 13.0 Å². The summed E-state index contributed by atoms with van der Waals surface area (Å²) < 4.78 is 5.50. The molecule has 0 unspecified atom stereocenters. The van der Waals surface area contributed by atoms with Crippen LogP contribution in [0.1, 0.15) is 13.8 Å². The van der Waals surface area contributed by atoms with E-state index in [0.717, 1.165) is 19.7 Å². The molecule has 0 bridgehead atoms. The fourth-order valence-electron chi connectivity index (χ4n) is 1.46. The van der Waals surface area contributed by atoms with Crippen molar-refractivity contribution in [3.63, 3.8) is 0 Å². The third kappa shape index (κ3) is 1.70. The van der Waals surface area contributed by atoms with Crippen molar-refractivity contribution >= 4 is 0 Å². The molecular weight excluding hydrogens is 126 g/mol. The Labute approximate surface area is 63.2 Å². The van der Waals surface area contributed by atoms with E-state index >= 15 is 0 Å². The van der Waals surface area contributed by atoms with E-state index in [1.165, 1.54) is 0 Å². The van der Waals surface area contributed by atoms with Gasteiger partial charge < -0.3 is 9.64 Å². The molecule has 1 rings (SSSR count). The van der Waals surface area contributed by atoms with Crippen molar-refractivity contribution in [1.82, 2.24) is 4.90 Å². The van der Waals surface area contributed by atoms with Crippen LogP contribution in [0.3, 0.4) is 0 Å². The third-order valence-corrected chi connectivity index (χ3v) is 2.00. The number of rotatable bonds is 2. The summed E-state index contributed by atoms with van der Waals surface area (Å²) in [5.41, 5.74) is 0. The maximum atomic E-state index is 5.50. The first kappa shape index (κ1) is 8.02. The molecule has 10 heavy (non-hydrogen) atoms. The Bertz CT molecular complexity index is 105. The molecule has 0 amide bonds. The molecule has 2 atom stereocenters. The van der Waals surface area contributed by atoms with Crippen molar-refractivity contribution in [3.05, 3.63) is 7.05 Å². The van der Waals surface area contributed by atoms with Gasteiger partial charge in [-0.1, -0.05) is 6.92 Å². The highest BCUT2D eigenvalue weighted by Gasteiger charge is 2.23. The zero-order valence-electron chi connectivity index (χ0n) is 6.84. The Morgan fingerprint density at radius 1 is 1.60 bits per heavy atom. The largest absolute Gasteiger partial charge is 0.457 e. The van der Waals surface area contributed by atoms with Crippen LogP contribution in [-0.4, -0.2) is 30.7 Å². The molecule has 2 nitrogen and oxygen atoms in total. The average Bonchev–Trinajstić information content (AvgIpc) is 2.13. The van der Waals surface area contributed by atoms with Crippen LogP contribution in [0.15, 0.2) is 0 Å². The normalized spacial score (nSPS) is 35.1. The topological polar surface area (TPSA) is 12.5 Å². The summed E-state index contributed by atoms with van der Waals surface area (Å²) in [5.74, 6) is 0.650. The number of hydrogen-bond donors (Lipinski definition) is 0. The maximum Gasteiger partial charge on any atom is 0.0714 e. The molecule has 1 fully saturated rings. The molecule has 60 valence electrons. The fourth-order valence-corrected chi connectivity index (χ4v) is 1.46. The Morgan fingerprint density at radius 2 is 2.30 bits per heavy atom. The lowest BCUT2D eigenvalue weighted by atomic mass is 10.1. The molecule has 1 aliphatic rings. The number of nitrogens with zero attached hydrogens (tertiary/aromatic N) is 1. The van der Waals surface area contributed by atoms with Gasteiger partial charge in [0.15, 0.2) is 0 Å². The van der Waals surface area contributed by atoms with Gasteiger partial charge in [0.25, 0.3) is 0 Å². The van der Waals surface area contributed by atoms with Gasteiger partial charge in [-0.3, -0.25) is 7.05 Å². The van der Waals surface area contributed by atoms with E-state index in [4.69, 9.17) is 4.74 Å². The molecule has 1 aliphatic heterocycles. The summed E-state index contributed by atoms with van der Waals surface area (Å²) in [6, 6.07) is 0. The van der Waals surface area contributed by atoms with Gasteiger partial charge in [0, 0.05) is 6.61 Å². The Kier molecular flexibility index (Phi) is 2.69. The standard InChI is InChI=1S/C8H16NO/c1-4-10-8-6-9(3)5-7(8)2/h7-8H,3-6H2,1-2H3/q-1/t7-,8+/m1/s1. The quantitative estimate of drug-likeness (QED) is 0.536. The first-order valence-corrected chi connectivity index (χ1v) is 3.91. The highest BCUT2D eigenvalue weighted by Crippen LogP contribution is 2.17. The summed E-state index contributed by atoms with van der Waals surface area (Å²) in [5, 5.41) is 0. The van der Waals surface area contributed by atoms with Crippen LogP contribution >= 0.6 is 0 Å². The highest BCUT2D eigenvalue weighted by atomic mass is 16.5. The van der Waals surface area contributed by atoms with Crippen LogP contribution in [0.5, 0.6) is 0 Å². The minimum Gasteiger partial charge on any atom is -0.457 e. The Balaban J connectivity index is 2.31. The summed E-state index contributed by atoms with van der Waals surface area (Å²) in [6.45, 7) is 7.15. The number of hydrogen-bond acceptors (Lipinski definition) is 2. The summed E-state index contributed by atoms with van der Waals surface area (Å²) >= 11 is 0. The zero-order chi connectivity index (χ0) is 7.56. The monoisotopic (exact) mass is 142 g/mol. The van der Waals surface area contributed by atoms with E-state index in [2.05, 4.69) is 18.9 Å². The predicted octanol–water partition coefficient (Wildman–Crippen LogP) is 1.13. The van der Waals surface area contributed by atoms with Crippen LogP contribution < -0.4 is 0 Å². The van der Waals surface area contributed by atoms with E-state index in [0.29, 0.717) is 12.0 Å². The molecular formula is C8H16NO-. The molecule has 2 heteroatoms. The van der Waals surface area contributed by atoms with Gasteiger partial charge >= 0.3 is 0 Å². The van der Waals surface area contributed by atoms with Crippen molar-refractivity contribution in [2.24, 2.45) is 5.92 Å². The summed E-state index contributed by atoms with van der Waals surface area (Å²) in [7, 11) is 3.87. The van der Waals surface area contributed by atoms with Crippen molar-refractivity contribution in [1.29, 1.82) is 0 Å². The maximum absolute atomic E-state index is 5.50. The van der Waals surface area contributed by atoms with Gasteiger partial charge in [-0.25, -0.2) is 0 Å². The second-order valence-corrected chi connectivity index (χ2v) is 3.01. The molecule has 0 aromatic carbocycles. The average molecular weight is 142 g/mol. The van der Waals surface area contributed by atoms with E-state index in [9.17, 15) is 0 Å².